The number of benzene rings is 1. The summed E-state index contributed by atoms with van der Waals surface area (Å²) in [6.45, 7) is 0.849. The van der Waals surface area contributed by atoms with Gasteiger partial charge in [0.05, 0.1) is 5.69 Å². The first-order chi connectivity index (χ1) is 10.3. The minimum absolute atomic E-state index is 0.0809. The summed E-state index contributed by atoms with van der Waals surface area (Å²) in [5, 5.41) is 0. The number of likely N-dealkylation sites (N-methyl/N-ethyl adjacent to an activating group) is 1. The van der Waals surface area contributed by atoms with Gasteiger partial charge in [0.25, 0.3) is 0 Å². The third kappa shape index (κ3) is 3.14. The van der Waals surface area contributed by atoms with Crippen LogP contribution in [-0.2, 0) is 13.0 Å². The Labute approximate surface area is 126 Å². The molecule has 1 aliphatic rings. The van der Waals surface area contributed by atoms with Gasteiger partial charge in [-0.05, 0) is 49.6 Å². The van der Waals surface area contributed by atoms with Gasteiger partial charge in [0, 0.05) is 24.8 Å². The van der Waals surface area contributed by atoms with Crippen LogP contribution in [0.25, 0.3) is 0 Å². The number of pyridine rings is 1. The number of hydrogen-bond acceptors (Lipinski definition) is 3. The van der Waals surface area contributed by atoms with Crippen molar-refractivity contribution in [3.63, 3.8) is 0 Å². The van der Waals surface area contributed by atoms with Crippen LogP contribution in [0.5, 0.6) is 0 Å². The predicted octanol–water partition coefficient (Wildman–Crippen LogP) is 2.92. The zero-order chi connectivity index (χ0) is 14.7. The zero-order valence-electron chi connectivity index (χ0n) is 12.6. The average Bonchev–Trinajstić information content (AvgIpc) is 2.68. The summed E-state index contributed by atoms with van der Waals surface area (Å²) in [4.78, 5) is 6.78. The molecule has 0 amide bonds. The summed E-state index contributed by atoms with van der Waals surface area (Å²) >= 11 is 0. The topological polar surface area (TPSA) is 42.2 Å². The maximum Gasteiger partial charge on any atom is 0.0543 e. The fourth-order valence-corrected chi connectivity index (χ4v) is 3.33. The molecule has 1 aliphatic carbocycles. The first-order valence-electron chi connectivity index (χ1n) is 7.69. The van der Waals surface area contributed by atoms with E-state index in [4.69, 9.17) is 5.73 Å². The Balaban J connectivity index is 1.79. The van der Waals surface area contributed by atoms with Crippen LogP contribution < -0.4 is 5.73 Å². The van der Waals surface area contributed by atoms with Crippen molar-refractivity contribution < 1.29 is 0 Å². The van der Waals surface area contributed by atoms with Crippen LogP contribution >= 0.6 is 0 Å². The lowest BCUT2D eigenvalue weighted by molar-refractivity contribution is 0.191. The van der Waals surface area contributed by atoms with E-state index in [1.165, 1.54) is 17.5 Å². The van der Waals surface area contributed by atoms with Gasteiger partial charge in [0.15, 0.2) is 0 Å². The summed E-state index contributed by atoms with van der Waals surface area (Å²) < 4.78 is 0. The number of aromatic nitrogens is 1. The quantitative estimate of drug-likeness (QED) is 0.880. The van der Waals surface area contributed by atoms with Crippen molar-refractivity contribution in [3.8, 4) is 0 Å². The Morgan fingerprint density at radius 1 is 1.19 bits per heavy atom. The second-order valence-electron chi connectivity index (χ2n) is 5.92. The molecule has 1 heterocycles. The van der Waals surface area contributed by atoms with Gasteiger partial charge >= 0.3 is 0 Å². The van der Waals surface area contributed by atoms with E-state index in [-0.39, 0.29) is 6.04 Å². The fourth-order valence-electron chi connectivity index (χ4n) is 3.33. The minimum Gasteiger partial charge on any atom is -0.323 e. The van der Waals surface area contributed by atoms with Gasteiger partial charge < -0.3 is 5.73 Å². The highest BCUT2D eigenvalue weighted by Gasteiger charge is 2.27. The third-order valence-corrected chi connectivity index (χ3v) is 4.48. The SMILES string of the molecule is CN(Cc1ccccn1)C1CCCc2ccccc2C1N. The molecule has 0 bridgehead atoms. The molecule has 21 heavy (non-hydrogen) atoms. The van der Waals surface area contributed by atoms with Crippen molar-refractivity contribution in [2.45, 2.75) is 37.9 Å². The molecule has 3 heteroatoms. The summed E-state index contributed by atoms with van der Waals surface area (Å²) in [5.41, 5.74) is 10.4. The number of nitrogens with two attached hydrogens (primary N) is 1. The van der Waals surface area contributed by atoms with Crippen molar-refractivity contribution in [1.29, 1.82) is 0 Å². The lowest BCUT2D eigenvalue weighted by Gasteiger charge is -2.32. The van der Waals surface area contributed by atoms with E-state index in [1.54, 1.807) is 0 Å². The van der Waals surface area contributed by atoms with E-state index in [0.717, 1.165) is 25.1 Å². The van der Waals surface area contributed by atoms with Crippen LogP contribution in [0.15, 0.2) is 48.7 Å². The normalized spacial score (nSPS) is 21.9. The zero-order valence-corrected chi connectivity index (χ0v) is 12.6. The van der Waals surface area contributed by atoms with Gasteiger partial charge in [-0.1, -0.05) is 30.3 Å². The van der Waals surface area contributed by atoms with E-state index in [9.17, 15) is 0 Å². The largest absolute Gasteiger partial charge is 0.323 e. The van der Waals surface area contributed by atoms with Crippen LogP contribution in [0.2, 0.25) is 0 Å². The van der Waals surface area contributed by atoms with E-state index in [2.05, 4.69) is 47.3 Å². The molecule has 0 fully saturated rings. The lowest BCUT2D eigenvalue weighted by Crippen LogP contribution is -2.39. The highest BCUT2D eigenvalue weighted by molar-refractivity contribution is 5.32. The number of hydrogen-bond donors (Lipinski definition) is 1. The van der Waals surface area contributed by atoms with Gasteiger partial charge in [0.2, 0.25) is 0 Å². The van der Waals surface area contributed by atoms with E-state index in [1.807, 2.05) is 18.3 Å². The molecular weight excluding hydrogens is 258 g/mol. The van der Waals surface area contributed by atoms with Gasteiger partial charge in [-0.15, -0.1) is 0 Å². The first kappa shape index (κ1) is 14.2. The maximum absolute atomic E-state index is 6.58. The standard InChI is InChI=1S/C18H23N3/c1-21(13-15-9-4-5-12-20-15)17-11-6-8-14-7-2-3-10-16(14)18(17)19/h2-5,7,9-10,12,17-18H,6,8,11,13,19H2,1H3. The second-order valence-corrected chi connectivity index (χ2v) is 5.92. The Morgan fingerprint density at radius 2 is 2.00 bits per heavy atom. The highest BCUT2D eigenvalue weighted by Crippen LogP contribution is 2.30. The van der Waals surface area contributed by atoms with E-state index in [0.29, 0.717) is 6.04 Å². The molecule has 3 rings (SSSR count). The molecule has 0 saturated heterocycles. The van der Waals surface area contributed by atoms with Crippen LogP contribution in [0.1, 0.15) is 35.7 Å². The molecule has 3 nitrogen and oxygen atoms in total. The molecule has 1 aromatic carbocycles. The van der Waals surface area contributed by atoms with Gasteiger partial charge in [0.1, 0.15) is 0 Å². The summed E-state index contributed by atoms with van der Waals surface area (Å²) in [7, 11) is 2.16. The van der Waals surface area contributed by atoms with Crippen molar-refractivity contribution in [2.24, 2.45) is 5.73 Å². The number of fused-ring (bicyclic) bond motifs is 1. The molecule has 1 aromatic heterocycles. The van der Waals surface area contributed by atoms with Crippen molar-refractivity contribution in [2.75, 3.05) is 7.05 Å². The number of rotatable bonds is 3. The van der Waals surface area contributed by atoms with Crippen molar-refractivity contribution in [1.82, 2.24) is 9.88 Å². The fraction of sp³-hybridized carbons (Fsp3) is 0.389. The summed E-state index contributed by atoms with van der Waals surface area (Å²) in [6, 6.07) is 15.1. The van der Waals surface area contributed by atoms with Gasteiger partial charge in [-0.25, -0.2) is 0 Å². The molecule has 2 aromatic rings. The smallest absolute Gasteiger partial charge is 0.0543 e. The van der Waals surface area contributed by atoms with Crippen LogP contribution in [0.4, 0.5) is 0 Å². The van der Waals surface area contributed by atoms with E-state index >= 15 is 0 Å². The molecule has 0 aliphatic heterocycles. The summed E-state index contributed by atoms with van der Waals surface area (Å²) in [5.74, 6) is 0. The summed E-state index contributed by atoms with van der Waals surface area (Å²) in [6.07, 6.45) is 5.32. The highest BCUT2D eigenvalue weighted by atomic mass is 15.2. The van der Waals surface area contributed by atoms with E-state index < -0.39 is 0 Å². The van der Waals surface area contributed by atoms with Crippen LogP contribution in [0, 0.1) is 0 Å². The third-order valence-electron chi connectivity index (χ3n) is 4.48. The molecule has 2 unspecified atom stereocenters. The van der Waals surface area contributed by atoms with Crippen molar-refractivity contribution in [3.05, 3.63) is 65.5 Å². The minimum atomic E-state index is 0.0809. The Bertz CT molecular complexity index is 582. The predicted molar refractivity (Wildman–Crippen MR) is 85.8 cm³/mol. The second kappa shape index (κ2) is 6.37. The van der Waals surface area contributed by atoms with Crippen molar-refractivity contribution >= 4 is 0 Å². The van der Waals surface area contributed by atoms with Gasteiger partial charge in [-0.3, -0.25) is 9.88 Å². The Morgan fingerprint density at radius 3 is 2.81 bits per heavy atom. The Kier molecular flexibility index (Phi) is 4.32. The molecule has 2 N–H and O–H groups in total. The molecule has 0 radical (unpaired) electrons. The monoisotopic (exact) mass is 281 g/mol. The number of aryl methyl sites for hydroxylation is 1. The van der Waals surface area contributed by atoms with Crippen LogP contribution in [-0.4, -0.2) is 23.0 Å². The molecular formula is C18H23N3. The maximum atomic E-state index is 6.58. The lowest BCUT2D eigenvalue weighted by atomic mass is 9.96. The average molecular weight is 281 g/mol. The number of nitrogens with zero attached hydrogens (tertiary/aromatic N) is 2. The molecule has 0 saturated carbocycles. The van der Waals surface area contributed by atoms with Crippen LogP contribution in [0.3, 0.4) is 0 Å². The van der Waals surface area contributed by atoms with Gasteiger partial charge in [-0.2, -0.15) is 0 Å². The molecule has 110 valence electrons. The molecule has 0 spiro atoms. The molecule has 2 atom stereocenters. The Hall–Kier alpha value is -1.71. The first-order valence-corrected chi connectivity index (χ1v) is 7.69.